The van der Waals surface area contributed by atoms with Gasteiger partial charge in [-0.2, -0.15) is 5.10 Å². The summed E-state index contributed by atoms with van der Waals surface area (Å²) in [5.74, 6) is 1.17. The summed E-state index contributed by atoms with van der Waals surface area (Å²) in [7, 11) is 0. The minimum Gasteiger partial charge on any atom is -0.330 e. The van der Waals surface area contributed by atoms with Gasteiger partial charge in [0.15, 0.2) is 0 Å². The van der Waals surface area contributed by atoms with Crippen molar-refractivity contribution in [3.05, 3.63) is 53.9 Å². The maximum Gasteiger partial charge on any atom is 0.0659 e. The van der Waals surface area contributed by atoms with Gasteiger partial charge in [-0.15, -0.1) is 0 Å². The van der Waals surface area contributed by atoms with E-state index in [9.17, 15) is 0 Å². The van der Waals surface area contributed by atoms with Crippen molar-refractivity contribution in [3.63, 3.8) is 0 Å². The predicted octanol–water partition coefficient (Wildman–Crippen LogP) is 2.63. The second kappa shape index (κ2) is 4.49. The molecule has 1 aliphatic rings. The van der Waals surface area contributed by atoms with Crippen molar-refractivity contribution in [1.82, 2.24) is 9.78 Å². The summed E-state index contributed by atoms with van der Waals surface area (Å²) in [6, 6.07) is 10.4. The van der Waals surface area contributed by atoms with Gasteiger partial charge >= 0.3 is 0 Å². The molecule has 2 aromatic rings. The topological polar surface area (TPSA) is 43.8 Å². The molecule has 3 nitrogen and oxygen atoms in total. The van der Waals surface area contributed by atoms with Crippen molar-refractivity contribution in [3.8, 4) is 0 Å². The van der Waals surface area contributed by atoms with Crippen LogP contribution in [0.3, 0.4) is 0 Å². The van der Waals surface area contributed by atoms with E-state index in [1.807, 2.05) is 16.9 Å². The summed E-state index contributed by atoms with van der Waals surface area (Å²) in [6.07, 6.45) is 4.18. The van der Waals surface area contributed by atoms with Crippen molar-refractivity contribution < 1.29 is 0 Å². The van der Waals surface area contributed by atoms with E-state index in [1.165, 1.54) is 11.1 Å². The summed E-state index contributed by atoms with van der Waals surface area (Å²) in [5, 5.41) is 4.48. The van der Waals surface area contributed by atoms with E-state index in [2.05, 4.69) is 49.4 Å². The number of rotatable bonds is 4. The highest BCUT2D eigenvalue weighted by molar-refractivity contribution is 5.28. The van der Waals surface area contributed by atoms with Crippen LogP contribution in [0.15, 0.2) is 42.7 Å². The average molecular weight is 255 g/mol. The lowest BCUT2D eigenvalue weighted by atomic mass is 10.1. The Bertz CT molecular complexity index is 556. The lowest BCUT2D eigenvalue weighted by Gasteiger charge is -2.01. The zero-order valence-electron chi connectivity index (χ0n) is 11.6. The lowest BCUT2D eigenvalue weighted by molar-refractivity contribution is 0.558. The minimum atomic E-state index is 0.329. The Hall–Kier alpha value is -1.61. The predicted molar refractivity (Wildman–Crippen MR) is 76.8 cm³/mol. The van der Waals surface area contributed by atoms with Crippen molar-refractivity contribution in [2.75, 3.05) is 6.54 Å². The van der Waals surface area contributed by atoms with Crippen LogP contribution in [-0.2, 0) is 6.54 Å². The Kier molecular flexibility index (Phi) is 2.94. The summed E-state index contributed by atoms with van der Waals surface area (Å²) in [5.41, 5.74) is 8.78. The number of benzene rings is 1. The van der Waals surface area contributed by atoms with E-state index in [4.69, 9.17) is 5.73 Å². The quantitative estimate of drug-likeness (QED) is 0.912. The lowest BCUT2D eigenvalue weighted by Crippen LogP contribution is -2.05. The first-order valence-corrected chi connectivity index (χ1v) is 6.89. The van der Waals surface area contributed by atoms with Crippen LogP contribution in [0.1, 0.15) is 30.9 Å². The van der Waals surface area contributed by atoms with Gasteiger partial charge in [0.1, 0.15) is 0 Å². The molecular formula is C16H21N3. The zero-order chi connectivity index (χ0) is 13.5. The number of hydrogen-bond donors (Lipinski definition) is 1. The molecule has 1 saturated carbocycles. The molecule has 1 aromatic heterocycles. The van der Waals surface area contributed by atoms with Gasteiger partial charge in [0.25, 0.3) is 0 Å². The number of nitrogens with zero attached hydrogens (tertiary/aromatic N) is 2. The molecule has 0 amide bonds. The fraction of sp³-hybridized carbons (Fsp3) is 0.438. The Morgan fingerprint density at radius 2 is 2.00 bits per heavy atom. The van der Waals surface area contributed by atoms with Gasteiger partial charge in [0, 0.05) is 6.20 Å². The normalized spacial score (nSPS) is 24.4. The molecule has 100 valence electrons. The van der Waals surface area contributed by atoms with Crippen LogP contribution in [0.2, 0.25) is 0 Å². The second-order valence-corrected chi connectivity index (χ2v) is 6.10. The molecule has 0 bridgehead atoms. The Labute approximate surface area is 114 Å². The zero-order valence-corrected chi connectivity index (χ0v) is 11.6. The van der Waals surface area contributed by atoms with Crippen molar-refractivity contribution in [2.45, 2.75) is 26.3 Å². The van der Waals surface area contributed by atoms with Gasteiger partial charge in [-0.05, 0) is 34.9 Å². The van der Waals surface area contributed by atoms with Gasteiger partial charge in [-0.25, -0.2) is 0 Å². The molecule has 1 fully saturated rings. The van der Waals surface area contributed by atoms with E-state index < -0.39 is 0 Å². The molecule has 0 saturated heterocycles. The number of nitrogens with two attached hydrogens (primary N) is 1. The molecule has 2 N–H and O–H groups in total. The molecule has 1 heterocycles. The minimum absolute atomic E-state index is 0.329. The molecule has 1 aromatic carbocycles. The third kappa shape index (κ3) is 2.19. The Morgan fingerprint density at radius 3 is 2.63 bits per heavy atom. The van der Waals surface area contributed by atoms with Crippen LogP contribution in [0.4, 0.5) is 0 Å². The monoisotopic (exact) mass is 255 g/mol. The van der Waals surface area contributed by atoms with Crippen LogP contribution in [0.25, 0.3) is 0 Å². The smallest absolute Gasteiger partial charge is 0.0659 e. The van der Waals surface area contributed by atoms with Crippen LogP contribution in [-0.4, -0.2) is 16.3 Å². The molecule has 3 heteroatoms. The SMILES string of the molecule is CC1(C)[C@H](CN)[C@H]1c1cnn(Cc2ccccc2)c1. The van der Waals surface area contributed by atoms with Crippen molar-refractivity contribution in [1.29, 1.82) is 0 Å². The van der Waals surface area contributed by atoms with Gasteiger partial charge in [0.05, 0.1) is 12.7 Å². The summed E-state index contributed by atoms with van der Waals surface area (Å²) in [4.78, 5) is 0. The number of aromatic nitrogens is 2. The fourth-order valence-electron chi connectivity index (χ4n) is 3.24. The molecule has 0 radical (unpaired) electrons. The maximum absolute atomic E-state index is 5.84. The van der Waals surface area contributed by atoms with E-state index in [0.29, 0.717) is 17.3 Å². The molecule has 3 rings (SSSR count). The molecular weight excluding hydrogens is 234 g/mol. The molecule has 2 atom stereocenters. The molecule has 0 spiro atoms. The third-order valence-electron chi connectivity index (χ3n) is 4.50. The third-order valence-corrected chi connectivity index (χ3v) is 4.50. The van der Waals surface area contributed by atoms with Gasteiger partial charge in [-0.3, -0.25) is 4.68 Å². The molecule has 0 unspecified atom stereocenters. The van der Waals surface area contributed by atoms with E-state index in [-0.39, 0.29) is 0 Å². The van der Waals surface area contributed by atoms with Gasteiger partial charge in [0.2, 0.25) is 0 Å². The summed E-state index contributed by atoms with van der Waals surface area (Å²) < 4.78 is 2.02. The highest BCUT2D eigenvalue weighted by Gasteiger charge is 2.57. The Balaban J connectivity index is 1.74. The van der Waals surface area contributed by atoms with E-state index in [1.54, 1.807) is 0 Å². The van der Waals surface area contributed by atoms with Crippen molar-refractivity contribution >= 4 is 0 Å². The highest BCUT2D eigenvalue weighted by Crippen LogP contribution is 2.63. The second-order valence-electron chi connectivity index (χ2n) is 6.10. The first-order valence-electron chi connectivity index (χ1n) is 6.89. The Morgan fingerprint density at radius 1 is 1.26 bits per heavy atom. The van der Waals surface area contributed by atoms with Crippen LogP contribution in [0.5, 0.6) is 0 Å². The standard InChI is InChI=1S/C16H21N3/c1-16(2)14(8-17)15(16)13-9-18-19(11-13)10-12-6-4-3-5-7-12/h3-7,9,11,14-15H,8,10,17H2,1-2H3/t14-,15-/m1/s1. The molecule has 1 aliphatic carbocycles. The van der Waals surface area contributed by atoms with Gasteiger partial charge < -0.3 is 5.73 Å². The van der Waals surface area contributed by atoms with E-state index >= 15 is 0 Å². The first kappa shape index (κ1) is 12.4. The largest absolute Gasteiger partial charge is 0.330 e. The summed E-state index contributed by atoms with van der Waals surface area (Å²) in [6.45, 7) is 6.19. The summed E-state index contributed by atoms with van der Waals surface area (Å²) >= 11 is 0. The average Bonchev–Trinajstić information content (AvgIpc) is 2.72. The maximum atomic E-state index is 5.84. The fourth-order valence-corrected chi connectivity index (χ4v) is 3.24. The molecule has 19 heavy (non-hydrogen) atoms. The molecule has 0 aliphatic heterocycles. The van der Waals surface area contributed by atoms with Crippen LogP contribution in [0, 0.1) is 11.3 Å². The van der Waals surface area contributed by atoms with Crippen molar-refractivity contribution in [2.24, 2.45) is 17.1 Å². The highest BCUT2D eigenvalue weighted by atomic mass is 15.3. The number of hydrogen-bond acceptors (Lipinski definition) is 2. The first-order chi connectivity index (χ1) is 9.13. The van der Waals surface area contributed by atoms with Crippen LogP contribution >= 0.6 is 0 Å². The van der Waals surface area contributed by atoms with E-state index in [0.717, 1.165) is 13.1 Å². The van der Waals surface area contributed by atoms with Gasteiger partial charge in [-0.1, -0.05) is 44.2 Å². The van der Waals surface area contributed by atoms with Crippen LogP contribution < -0.4 is 5.73 Å².